The predicted octanol–water partition coefficient (Wildman–Crippen LogP) is 3.48. The van der Waals surface area contributed by atoms with Gasteiger partial charge in [0.1, 0.15) is 5.54 Å². The minimum absolute atomic E-state index is 0.173. The Balaban J connectivity index is 1.47. The fourth-order valence-electron chi connectivity index (χ4n) is 4.91. The van der Waals surface area contributed by atoms with Crippen LogP contribution in [0.25, 0.3) is 0 Å². The quantitative estimate of drug-likeness (QED) is 0.700. The van der Waals surface area contributed by atoms with Crippen LogP contribution in [0.15, 0.2) is 30.3 Å². The highest BCUT2D eigenvalue weighted by Gasteiger charge is 2.39. The zero-order valence-electron chi connectivity index (χ0n) is 18.9. The summed E-state index contributed by atoms with van der Waals surface area (Å²) in [6, 6.07) is 13.7. The van der Waals surface area contributed by atoms with Crippen molar-refractivity contribution < 1.29 is 9.59 Å². The zero-order chi connectivity index (χ0) is 22.5. The highest BCUT2D eigenvalue weighted by Crippen LogP contribution is 2.36. The highest BCUT2D eigenvalue weighted by molar-refractivity contribution is 5.82. The van der Waals surface area contributed by atoms with Gasteiger partial charge in [-0.15, -0.1) is 0 Å². The molecular weight excluding hydrogens is 388 g/mol. The maximum absolute atomic E-state index is 12.5. The largest absolute Gasteiger partial charge is 0.369 e. The number of amides is 2. The maximum atomic E-state index is 12.5. The third kappa shape index (κ3) is 5.86. The van der Waals surface area contributed by atoms with E-state index in [1.165, 1.54) is 31.2 Å². The molecule has 1 saturated carbocycles. The number of hydrogen-bond donors (Lipinski definition) is 2. The molecule has 0 atom stereocenters. The molecule has 1 aliphatic heterocycles. The van der Waals surface area contributed by atoms with Gasteiger partial charge in [-0.05, 0) is 56.4 Å². The van der Waals surface area contributed by atoms with Crippen LogP contribution in [0.1, 0.15) is 76.7 Å². The number of likely N-dealkylation sites (tertiary alicyclic amines) is 1. The number of rotatable bonds is 7. The molecule has 3 N–H and O–H groups in total. The SMILES string of the molecule is CC(C)(CCC(=O)NC1(C#N)CCN(C2CCC(c3ccccc3)CC2)CC1)C(N)=O. The number of nitriles is 1. The average molecular weight is 425 g/mol. The minimum atomic E-state index is -0.800. The number of carbonyl (C=O) groups excluding carboxylic acids is 2. The third-order valence-corrected chi connectivity index (χ3v) is 7.37. The van der Waals surface area contributed by atoms with Crippen molar-refractivity contribution in [3.63, 3.8) is 0 Å². The Kier molecular flexibility index (Phi) is 7.38. The lowest BCUT2D eigenvalue weighted by Crippen LogP contribution is -2.56. The Morgan fingerprint density at radius 3 is 2.32 bits per heavy atom. The van der Waals surface area contributed by atoms with Crippen LogP contribution in [0.5, 0.6) is 0 Å². The molecule has 1 aliphatic carbocycles. The van der Waals surface area contributed by atoms with Gasteiger partial charge in [-0.1, -0.05) is 44.2 Å². The summed E-state index contributed by atoms with van der Waals surface area (Å²) >= 11 is 0. The number of nitrogens with one attached hydrogen (secondary N) is 1. The van der Waals surface area contributed by atoms with Crippen LogP contribution >= 0.6 is 0 Å². The van der Waals surface area contributed by atoms with E-state index in [1.54, 1.807) is 13.8 Å². The summed E-state index contributed by atoms with van der Waals surface area (Å²) in [6.07, 6.45) is 6.67. The summed E-state index contributed by atoms with van der Waals surface area (Å²) in [6.45, 7) is 5.16. The van der Waals surface area contributed by atoms with E-state index in [4.69, 9.17) is 5.73 Å². The fourth-order valence-corrected chi connectivity index (χ4v) is 4.91. The first-order valence-electron chi connectivity index (χ1n) is 11.6. The second-order valence-electron chi connectivity index (χ2n) is 9.94. The van der Waals surface area contributed by atoms with Crippen LogP contribution in [0.2, 0.25) is 0 Å². The van der Waals surface area contributed by atoms with Crippen molar-refractivity contribution in [2.45, 2.75) is 82.7 Å². The third-order valence-electron chi connectivity index (χ3n) is 7.37. The molecule has 0 radical (unpaired) electrons. The van der Waals surface area contributed by atoms with Crippen molar-refractivity contribution >= 4 is 11.8 Å². The summed E-state index contributed by atoms with van der Waals surface area (Å²) in [5, 5.41) is 12.8. The topological polar surface area (TPSA) is 99.2 Å². The van der Waals surface area contributed by atoms with E-state index in [0.29, 0.717) is 31.2 Å². The van der Waals surface area contributed by atoms with E-state index in [-0.39, 0.29) is 12.3 Å². The first-order valence-corrected chi connectivity index (χ1v) is 11.6. The smallest absolute Gasteiger partial charge is 0.223 e. The fraction of sp³-hybridized carbons (Fsp3) is 0.640. The Hall–Kier alpha value is -2.39. The highest BCUT2D eigenvalue weighted by atomic mass is 16.2. The summed E-state index contributed by atoms with van der Waals surface area (Å²) in [5.41, 5.74) is 5.32. The van der Waals surface area contributed by atoms with Crippen LogP contribution in [-0.4, -0.2) is 41.4 Å². The van der Waals surface area contributed by atoms with Gasteiger partial charge in [-0.2, -0.15) is 5.26 Å². The molecule has 0 aromatic heterocycles. The van der Waals surface area contributed by atoms with E-state index < -0.39 is 16.9 Å². The molecule has 2 fully saturated rings. The molecule has 31 heavy (non-hydrogen) atoms. The molecule has 2 aliphatic rings. The molecule has 3 rings (SSSR count). The molecule has 6 heteroatoms. The average Bonchev–Trinajstić information content (AvgIpc) is 2.79. The predicted molar refractivity (Wildman–Crippen MR) is 121 cm³/mol. The van der Waals surface area contributed by atoms with Crippen LogP contribution in [0, 0.1) is 16.7 Å². The van der Waals surface area contributed by atoms with E-state index in [2.05, 4.69) is 46.6 Å². The van der Waals surface area contributed by atoms with Crippen molar-refractivity contribution in [1.82, 2.24) is 10.2 Å². The lowest BCUT2D eigenvalue weighted by Gasteiger charge is -2.43. The van der Waals surface area contributed by atoms with Gasteiger partial charge >= 0.3 is 0 Å². The van der Waals surface area contributed by atoms with Crippen LogP contribution in [-0.2, 0) is 9.59 Å². The second-order valence-corrected chi connectivity index (χ2v) is 9.94. The van der Waals surface area contributed by atoms with E-state index in [0.717, 1.165) is 13.1 Å². The number of primary amides is 1. The summed E-state index contributed by atoms with van der Waals surface area (Å²) in [4.78, 5) is 26.4. The van der Waals surface area contributed by atoms with Crippen LogP contribution in [0.4, 0.5) is 0 Å². The van der Waals surface area contributed by atoms with E-state index >= 15 is 0 Å². The maximum Gasteiger partial charge on any atom is 0.223 e. The monoisotopic (exact) mass is 424 g/mol. The Morgan fingerprint density at radius 1 is 1.16 bits per heavy atom. The van der Waals surface area contributed by atoms with Gasteiger partial charge in [0.25, 0.3) is 0 Å². The summed E-state index contributed by atoms with van der Waals surface area (Å²) in [5.74, 6) is 0.0719. The van der Waals surface area contributed by atoms with E-state index in [9.17, 15) is 14.9 Å². The van der Waals surface area contributed by atoms with Gasteiger partial charge in [0, 0.05) is 31.0 Å². The standard InChI is InChI=1S/C25H36N4O2/c1-24(2,23(27)31)13-12-22(30)28-25(18-26)14-16-29(17-15-25)21-10-8-20(9-11-21)19-6-4-3-5-7-19/h3-7,20-21H,8-17H2,1-2H3,(H2,27,31)(H,28,30). The summed E-state index contributed by atoms with van der Waals surface area (Å²) in [7, 11) is 0. The Morgan fingerprint density at radius 2 is 1.77 bits per heavy atom. The molecule has 0 unspecified atom stereocenters. The number of piperidine rings is 1. The van der Waals surface area contributed by atoms with Crippen molar-refractivity contribution in [3.05, 3.63) is 35.9 Å². The van der Waals surface area contributed by atoms with Gasteiger partial charge in [0.15, 0.2) is 0 Å². The normalized spacial score (nSPS) is 24.2. The molecule has 6 nitrogen and oxygen atoms in total. The van der Waals surface area contributed by atoms with Crippen molar-refractivity contribution in [2.24, 2.45) is 11.1 Å². The lowest BCUT2D eigenvalue weighted by atomic mass is 9.80. The molecule has 1 heterocycles. The minimum Gasteiger partial charge on any atom is -0.369 e. The van der Waals surface area contributed by atoms with Crippen LogP contribution < -0.4 is 11.1 Å². The zero-order valence-corrected chi connectivity index (χ0v) is 18.9. The van der Waals surface area contributed by atoms with Crippen molar-refractivity contribution in [3.8, 4) is 6.07 Å². The first-order chi connectivity index (χ1) is 14.7. The molecule has 0 spiro atoms. The van der Waals surface area contributed by atoms with Gasteiger partial charge in [-0.3, -0.25) is 9.59 Å². The molecule has 1 aromatic carbocycles. The van der Waals surface area contributed by atoms with Gasteiger partial charge in [0.2, 0.25) is 11.8 Å². The molecule has 2 amide bonds. The molecule has 0 bridgehead atoms. The summed E-state index contributed by atoms with van der Waals surface area (Å²) < 4.78 is 0. The number of benzene rings is 1. The van der Waals surface area contributed by atoms with Gasteiger partial charge in [0.05, 0.1) is 6.07 Å². The molecule has 168 valence electrons. The first kappa shape index (κ1) is 23.3. The van der Waals surface area contributed by atoms with Crippen molar-refractivity contribution in [1.29, 1.82) is 5.26 Å². The Labute approximate surface area is 186 Å². The lowest BCUT2D eigenvalue weighted by molar-refractivity contribution is -0.127. The Bertz CT molecular complexity index is 799. The molecular formula is C25H36N4O2. The van der Waals surface area contributed by atoms with Crippen LogP contribution in [0.3, 0.4) is 0 Å². The number of nitrogens with zero attached hydrogens (tertiary/aromatic N) is 2. The number of nitrogens with two attached hydrogens (primary N) is 1. The number of carbonyl (C=O) groups is 2. The van der Waals surface area contributed by atoms with Crippen molar-refractivity contribution in [2.75, 3.05) is 13.1 Å². The van der Waals surface area contributed by atoms with Gasteiger partial charge in [-0.25, -0.2) is 0 Å². The molecule has 1 aromatic rings. The van der Waals surface area contributed by atoms with Gasteiger partial charge < -0.3 is 16.0 Å². The van der Waals surface area contributed by atoms with E-state index in [1.807, 2.05) is 0 Å². The number of hydrogen-bond acceptors (Lipinski definition) is 4. The molecule has 1 saturated heterocycles. The second kappa shape index (κ2) is 9.82.